The third-order valence-corrected chi connectivity index (χ3v) is 1.99. The average molecular weight is 172 g/mol. The maximum atomic E-state index is 9.05. The number of hydrogen-bond acceptors (Lipinski definition) is 4. The van der Waals surface area contributed by atoms with Gasteiger partial charge in [-0.3, -0.25) is 5.32 Å². The lowest BCUT2D eigenvalue weighted by Crippen LogP contribution is -2.42. The van der Waals surface area contributed by atoms with Crippen LogP contribution in [0.25, 0.3) is 0 Å². The Labute approximate surface area is 72.5 Å². The molecule has 0 spiro atoms. The fourth-order valence-electron chi connectivity index (χ4n) is 1.19. The molecule has 1 heterocycles. The number of aliphatic hydroxyl groups is 2. The van der Waals surface area contributed by atoms with Crippen LogP contribution in [-0.4, -0.2) is 47.6 Å². The number of nitrogens with zero attached hydrogens (tertiary/aromatic N) is 1. The van der Waals surface area contributed by atoms with Gasteiger partial charge in [-0.2, -0.15) is 0 Å². The van der Waals surface area contributed by atoms with E-state index < -0.39 is 6.10 Å². The second kappa shape index (κ2) is 4.45. The van der Waals surface area contributed by atoms with Gasteiger partial charge in [0.2, 0.25) is 0 Å². The third-order valence-electron chi connectivity index (χ3n) is 1.99. The minimum atomic E-state index is -0.654. The average Bonchev–Trinajstić information content (AvgIpc) is 2.47. The Morgan fingerprint density at radius 2 is 2.50 bits per heavy atom. The van der Waals surface area contributed by atoms with Crippen molar-refractivity contribution in [2.45, 2.75) is 18.7 Å². The van der Waals surface area contributed by atoms with Gasteiger partial charge >= 0.3 is 0 Å². The molecular weight excluding hydrogens is 156 g/mol. The molecule has 4 heteroatoms. The van der Waals surface area contributed by atoms with Crippen LogP contribution in [0.15, 0.2) is 12.3 Å². The summed E-state index contributed by atoms with van der Waals surface area (Å²) in [5.74, 6) is 0. The van der Waals surface area contributed by atoms with Gasteiger partial charge in [0, 0.05) is 20.0 Å². The zero-order chi connectivity index (χ0) is 8.97. The second-order valence-corrected chi connectivity index (χ2v) is 3.05. The van der Waals surface area contributed by atoms with Crippen molar-refractivity contribution in [1.82, 2.24) is 10.2 Å². The van der Waals surface area contributed by atoms with Crippen molar-refractivity contribution < 1.29 is 10.2 Å². The highest BCUT2D eigenvalue weighted by Gasteiger charge is 2.15. The van der Waals surface area contributed by atoms with E-state index in [9.17, 15) is 0 Å². The Kier molecular flexibility index (Phi) is 3.52. The van der Waals surface area contributed by atoms with Crippen molar-refractivity contribution in [2.75, 3.05) is 20.2 Å². The Hall–Kier alpha value is -0.580. The fourth-order valence-corrected chi connectivity index (χ4v) is 1.19. The minimum absolute atomic E-state index is 0.184. The zero-order valence-electron chi connectivity index (χ0n) is 7.27. The molecule has 0 amide bonds. The molecule has 0 aromatic carbocycles. The highest BCUT2D eigenvalue weighted by Crippen LogP contribution is 2.08. The summed E-state index contributed by atoms with van der Waals surface area (Å²) in [6, 6.07) is 0. The van der Waals surface area contributed by atoms with Crippen molar-refractivity contribution in [3.8, 4) is 0 Å². The Morgan fingerprint density at radius 1 is 1.75 bits per heavy atom. The maximum absolute atomic E-state index is 9.05. The highest BCUT2D eigenvalue weighted by molar-refractivity contribution is 4.95. The van der Waals surface area contributed by atoms with Crippen LogP contribution in [0.5, 0.6) is 0 Å². The fraction of sp³-hybridized carbons (Fsp3) is 0.750. The van der Waals surface area contributed by atoms with Gasteiger partial charge < -0.3 is 15.1 Å². The summed E-state index contributed by atoms with van der Waals surface area (Å²) in [7, 11) is 1.98. The first-order valence-electron chi connectivity index (χ1n) is 4.15. The van der Waals surface area contributed by atoms with Gasteiger partial charge in [-0.05, 0) is 6.20 Å². The summed E-state index contributed by atoms with van der Waals surface area (Å²) in [5, 5.41) is 20.7. The molecule has 4 nitrogen and oxygen atoms in total. The summed E-state index contributed by atoms with van der Waals surface area (Å²) in [6.07, 6.45) is 4.64. The lowest BCUT2D eigenvalue weighted by atomic mass is 10.3. The predicted molar refractivity (Wildman–Crippen MR) is 46.4 cm³/mol. The molecule has 0 bridgehead atoms. The topological polar surface area (TPSA) is 55.7 Å². The first-order chi connectivity index (χ1) is 5.74. The number of aliphatic hydroxyl groups excluding tert-OH is 2. The van der Waals surface area contributed by atoms with Crippen LogP contribution in [0.3, 0.4) is 0 Å². The van der Waals surface area contributed by atoms with E-state index in [1.54, 1.807) is 0 Å². The van der Waals surface area contributed by atoms with Crippen LogP contribution in [0.1, 0.15) is 6.42 Å². The monoisotopic (exact) mass is 172 g/mol. The lowest BCUT2D eigenvalue weighted by molar-refractivity contribution is 0.0870. The summed E-state index contributed by atoms with van der Waals surface area (Å²) < 4.78 is 0. The van der Waals surface area contributed by atoms with Crippen LogP contribution in [0.4, 0.5) is 0 Å². The Bertz CT molecular complexity index is 161. The molecule has 0 saturated heterocycles. The van der Waals surface area contributed by atoms with Gasteiger partial charge in [0.05, 0.1) is 18.9 Å². The first kappa shape index (κ1) is 9.51. The number of hydrogen-bond donors (Lipinski definition) is 3. The molecule has 1 aliphatic rings. The molecule has 0 aliphatic carbocycles. The molecule has 0 radical (unpaired) electrons. The molecule has 0 fully saturated rings. The van der Waals surface area contributed by atoms with E-state index in [1.807, 2.05) is 18.1 Å². The molecule has 12 heavy (non-hydrogen) atoms. The molecular formula is C8H16N2O2. The van der Waals surface area contributed by atoms with Crippen molar-refractivity contribution in [3.05, 3.63) is 12.3 Å². The smallest absolute Gasteiger partial charge is 0.0895 e. The molecule has 2 atom stereocenters. The molecule has 1 aliphatic heterocycles. The minimum Gasteiger partial charge on any atom is -0.394 e. The van der Waals surface area contributed by atoms with E-state index in [0.717, 1.165) is 6.42 Å². The van der Waals surface area contributed by atoms with Crippen LogP contribution in [0.2, 0.25) is 0 Å². The van der Waals surface area contributed by atoms with Crippen LogP contribution in [0, 0.1) is 0 Å². The normalized spacial score (nSPS) is 24.9. The Balaban J connectivity index is 2.15. The number of rotatable bonds is 4. The van der Waals surface area contributed by atoms with Gasteiger partial charge in [-0.1, -0.05) is 6.08 Å². The van der Waals surface area contributed by atoms with E-state index in [0.29, 0.717) is 6.54 Å². The van der Waals surface area contributed by atoms with E-state index in [-0.39, 0.29) is 12.8 Å². The van der Waals surface area contributed by atoms with Crippen LogP contribution >= 0.6 is 0 Å². The van der Waals surface area contributed by atoms with Gasteiger partial charge in [-0.25, -0.2) is 0 Å². The molecule has 70 valence electrons. The third kappa shape index (κ3) is 2.48. The summed E-state index contributed by atoms with van der Waals surface area (Å²) in [4.78, 5) is 2.05. The summed E-state index contributed by atoms with van der Waals surface area (Å²) in [6.45, 7) is 0.254. The molecule has 1 rings (SSSR count). The van der Waals surface area contributed by atoms with Crippen LogP contribution < -0.4 is 5.32 Å². The molecule has 3 N–H and O–H groups in total. The summed E-state index contributed by atoms with van der Waals surface area (Å²) in [5.41, 5.74) is 0. The second-order valence-electron chi connectivity index (χ2n) is 3.05. The largest absolute Gasteiger partial charge is 0.394 e. The van der Waals surface area contributed by atoms with E-state index in [2.05, 4.69) is 11.4 Å². The van der Waals surface area contributed by atoms with Crippen molar-refractivity contribution in [1.29, 1.82) is 0 Å². The SMILES string of the molecule is CN1C=CC[C@@H]1NCC(O)CO. The maximum Gasteiger partial charge on any atom is 0.0895 e. The van der Waals surface area contributed by atoms with Gasteiger partial charge in [0.25, 0.3) is 0 Å². The summed E-state index contributed by atoms with van der Waals surface area (Å²) >= 11 is 0. The van der Waals surface area contributed by atoms with E-state index >= 15 is 0 Å². The quantitative estimate of drug-likeness (QED) is 0.514. The van der Waals surface area contributed by atoms with Crippen LogP contribution in [-0.2, 0) is 0 Å². The molecule has 1 unspecified atom stereocenters. The van der Waals surface area contributed by atoms with E-state index in [4.69, 9.17) is 10.2 Å². The van der Waals surface area contributed by atoms with Crippen molar-refractivity contribution in [3.63, 3.8) is 0 Å². The van der Waals surface area contributed by atoms with Gasteiger partial charge in [0.1, 0.15) is 0 Å². The lowest BCUT2D eigenvalue weighted by Gasteiger charge is -2.23. The predicted octanol–water partition coefficient (Wildman–Crippen LogP) is -0.896. The van der Waals surface area contributed by atoms with Gasteiger partial charge in [-0.15, -0.1) is 0 Å². The molecule has 0 aromatic heterocycles. The first-order valence-corrected chi connectivity index (χ1v) is 4.15. The van der Waals surface area contributed by atoms with Gasteiger partial charge in [0.15, 0.2) is 0 Å². The molecule has 0 saturated carbocycles. The van der Waals surface area contributed by atoms with Crippen molar-refractivity contribution in [2.24, 2.45) is 0 Å². The Morgan fingerprint density at radius 3 is 3.00 bits per heavy atom. The van der Waals surface area contributed by atoms with E-state index in [1.165, 1.54) is 0 Å². The molecule has 0 aromatic rings. The highest BCUT2D eigenvalue weighted by atomic mass is 16.3. The zero-order valence-corrected chi connectivity index (χ0v) is 7.27. The van der Waals surface area contributed by atoms with Crippen molar-refractivity contribution >= 4 is 0 Å². The standard InChI is InChI=1S/C8H16N2O2/c1-10-4-2-3-8(10)9-5-7(12)6-11/h2,4,7-9,11-12H,3,5-6H2,1H3/t7?,8-/m1/s1. The number of nitrogens with one attached hydrogen (secondary N) is 1.